The summed E-state index contributed by atoms with van der Waals surface area (Å²) in [6.07, 6.45) is 2.01. The van der Waals surface area contributed by atoms with Crippen LogP contribution in [0.1, 0.15) is 57.4 Å². The fourth-order valence-electron chi connectivity index (χ4n) is 4.88. The number of carbonyl (C=O) groups is 2. The minimum Gasteiger partial charge on any atom is -0.365 e. The summed E-state index contributed by atoms with van der Waals surface area (Å²) in [6.45, 7) is 6.65. The van der Waals surface area contributed by atoms with Gasteiger partial charge in [0, 0.05) is 25.6 Å². The number of aryl methyl sites for hydroxylation is 2. The van der Waals surface area contributed by atoms with Crippen LogP contribution in [0.5, 0.6) is 0 Å². The van der Waals surface area contributed by atoms with Crippen LogP contribution in [0.15, 0.2) is 48.5 Å². The fraction of sp³-hybridized carbons (Fsp3) is 0.429. The maximum absolute atomic E-state index is 13.2. The number of nitrogens with one attached hydrogen (secondary N) is 1. The summed E-state index contributed by atoms with van der Waals surface area (Å²) < 4.78 is 7.85. The molecule has 0 radical (unpaired) electrons. The molecule has 0 aliphatic carbocycles. The molecule has 2 aliphatic heterocycles. The molecule has 2 aliphatic rings. The summed E-state index contributed by atoms with van der Waals surface area (Å²) in [5, 5.41) is 11.5. The first-order valence-electron chi connectivity index (χ1n) is 12.7. The Balaban J connectivity index is 1.12. The predicted molar refractivity (Wildman–Crippen MR) is 135 cm³/mol. The van der Waals surface area contributed by atoms with Crippen LogP contribution in [0.3, 0.4) is 0 Å². The van der Waals surface area contributed by atoms with E-state index in [1.54, 1.807) is 9.58 Å². The van der Waals surface area contributed by atoms with Crippen LogP contribution < -0.4 is 5.32 Å². The van der Waals surface area contributed by atoms with Gasteiger partial charge in [-0.2, -0.15) is 0 Å². The standard InChI is InChI=1S/C28H33N5O3/c1-19-3-7-21(8-4-19)11-14-29-27(34)23-12-15-32(16-13-23)28(35)26-24-18-36-25(17-33(24)31-30-26)22-9-5-20(2)6-10-22/h3-10,23,25H,11-18H2,1-2H3,(H,29,34). The minimum atomic E-state index is -0.133. The van der Waals surface area contributed by atoms with E-state index in [1.165, 1.54) is 16.7 Å². The van der Waals surface area contributed by atoms with Gasteiger partial charge < -0.3 is 15.0 Å². The van der Waals surface area contributed by atoms with Crippen LogP contribution >= 0.6 is 0 Å². The molecule has 0 spiro atoms. The van der Waals surface area contributed by atoms with Gasteiger partial charge in [0.1, 0.15) is 6.10 Å². The molecule has 1 N–H and O–H groups in total. The van der Waals surface area contributed by atoms with E-state index >= 15 is 0 Å². The van der Waals surface area contributed by atoms with E-state index in [9.17, 15) is 9.59 Å². The van der Waals surface area contributed by atoms with Crippen LogP contribution in [0.4, 0.5) is 0 Å². The van der Waals surface area contributed by atoms with Crippen molar-refractivity contribution < 1.29 is 14.3 Å². The summed E-state index contributed by atoms with van der Waals surface area (Å²) in [5.74, 6) is -0.127. The molecule has 1 unspecified atom stereocenters. The van der Waals surface area contributed by atoms with Crippen LogP contribution in [0, 0.1) is 19.8 Å². The van der Waals surface area contributed by atoms with E-state index < -0.39 is 0 Å². The second kappa shape index (κ2) is 10.6. The number of hydrogen-bond acceptors (Lipinski definition) is 5. The van der Waals surface area contributed by atoms with Gasteiger partial charge in [-0.1, -0.05) is 64.9 Å². The summed E-state index contributed by atoms with van der Waals surface area (Å²) in [7, 11) is 0. The van der Waals surface area contributed by atoms with Crippen molar-refractivity contribution in [2.75, 3.05) is 19.6 Å². The van der Waals surface area contributed by atoms with Gasteiger partial charge in [-0.05, 0) is 44.2 Å². The number of aromatic nitrogens is 3. The van der Waals surface area contributed by atoms with E-state index in [2.05, 4.69) is 78.0 Å². The lowest BCUT2D eigenvalue weighted by molar-refractivity contribution is -0.126. The highest BCUT2D eigenvalue weighted by molar-refractivity contribution is 5.93. The number of benzene rings is 2. The number of hydrogen-bond donors (Lipinski definition) is 1. The number of carbonyl (C=O) groups excluding carboxylic acids is 2. The Morgan fingerprint density at radius 2 is 1.67 bits per heavy atom. The van der Waals surface area contributed by atoms with Gasteiger partial charge >= 0.3 is 0 Å². The smallest absolute Gasteiger partial charge is 0.276 e. The van der Waals surface area contributed by atoms with Gasteiger partial charge in [0.15, 0.2) is 5.69 Å². The summed E-state index contributed by atoms with van der Waals surface area (Å²) in [4.78, 5) is 27.6. The topological polar surface area (TPSA) is 89.4 Å². The third-order valence-corrected chi connectivity index (χ3v) is 7.24. The number of likely N-dealkylation sites (tertiary alicyclic amines) is 1. The Morgan fingerprint density at radius 1 is 1.00 bits per heavy atom. The molecule has 8 heteroatoms. The highest BCUT2D eigenvalue weighted by atomic mass is 16.5. The third kappa shape index (κ3) is 5.33. The maximum Gasteiger partial charge on any atom is 0.276 e. The van der Waals surface area contributed by atoms with Crippen molar-refractivity contribution in [1.29, 1.82) is 0 Å². The molecule has 0 saturated carbocycles. The van der Waals surface area contributed by atoms with Crippen LogP contribution in [0.2, 0.25) is 0 Å². The first kappa shape index (κ1) is 24.2. The van der Waals surface area contributed by atoms with Crippen LogP contribution in [-0.4, -0.2) is 51.3 Å². The van der Waals surface area contributed by atoms with Gasteiger partial charge in [-0.25, -0.2) is 4.68 Å². The Hall–Kier alpha value is -3.52. The molecule has 1 aromatic heterocycles. The molecule has 3 aromatic rings. The normalized spacial score (nSPS) is 18.1. The first-order valence-corrected chi connectivity index (χ1v) is 12.7. The fourth-order valence-corrected chi connectivity index (χ4v) is 4.88. The van der Waals surface area contributed by atoms with E-state index in [0.29, 0.717) is 51.3 Å². The van der Waals surface area contributed by atoms with Gasteiger partial charge in [0.05, 0.1) is 18.8 Å². The third-order valence-electron chi connectivity index (χ3n) is 7.24. The average molecular weight is 488 g/mol. The summed E-state index contributed by atoms with van der Waals surface area (Å²) >= 11 is 0. The molecule has 36 heavy (non-hydrogen) atoms. The second-order valence-electron chi connectivity index (χ2n) is 9.87. The van der Waals surface area contributed by atoms with Gasteiger partial charge in [-0.15, -0.1) is 5.10 Å². The molecule has 1 fully saturated rings. The highest BCUT2D eigenvalue weighted by Crippen LogP contribution is 2.28. The lowest BCUT2D eigenvalue weighted by Gasteiger charge is -2.31. The monoisotopic (exact) mass is 487 g/mol. The average Bonchev–Trinajstić information content (AvgIpc) is 3.33. The van der Waals surface area contributed by atoms with E-state index in [1.807, 2.05) is 0 Å². The predicted octanol–water partition coefficient (Wildman–Crippen LogP) is 3.38. The molecule has 2 amide bonds. The quantitative estimate of drug-likeness (QED) is 0.576. The second-order valence-corrected chi connectivity index (χ2v) is 9.87. The van der Waals surface area contributed by atoms with Gasteiger partial charge in [-0.3, -0.25) is 9.59 Å². The number of fused-ring (bicyclic) bond motifs is 1. The molecule has 1 atom stereocenters. The number of nitrogens with zero attached hydrogens (tertiary/aromatic N) is 4. The lowest BCUT2D eigenvalue weighted by Crippen LogP contribution is -2.43. The number of ether oxygens (including phenoxy) is 1. The van der Waals surface area contributed by atoms with Crippen molar-refractivity contribution >= 4 is 11.8 Å². The molecule has 1 saturated heterocycles. The Kier molecular flexibility index (Phi) is 7.13. The lowest BCUT2D eigenvalue weighted by atomic mass is 9.95. The molecule has 2 aromatic carbocycles. The van der Waals surface area contributed by atoms with Crippen molar-refractivity contribution in [3.05, 3.63) is 82.2 Å². The Morgan fingerprint density at radius 3 is 2.36 bits per heavy atom. The largest absolute Gasteiger partial charge is 0.365 e. The molecule has 5 rings (SSSR count). The molecule has 8 nitrogen and oxygen atoms in total. The first-order chi connectivity index (χ1) is 17.5. The zero-order chi connectivity index (χ0) is 25.1. The van der Waals surface area contributed by atoms with Crippen molar-refractivity contribution in [3.63, 3.8) is 0 Å². The molecular formula is C28H33N5O3. The Labute approximate surface area is 211 Å². The molecule has 188 valence electrons. The SMILES string of the molecule is Cc1ccc(CCNC(=O)C2CCN(C(=O)c3nnn4c3COC(c3ccc(C)cc3)C4)CC2)cc1. The Bertz CT molecular complexity index is 1210. The van der Waals surface area contributed by atoms with E-state index in [0.717, 1.165) is 17.7 Å². The molecule has 3 heterocycles. The summed E-state index contributed by atoms with van der Waals surface area (Å²) in [6, 6.07) is 16.6. The van der Waals surface area contributed by atoms with Crippen LogP contribution in [-0.2, 0) is 29.1 Å². The van der Waals surface area contributed by atoms with Crippen molar-refractivity contribution in [2.24, 2.45) is 5.92 Å². The van der Waals surface area contributed by atoms with Crippen molar-refractivity contribution in [2.45, 2.75) is 52.4 Å². The molecule has 0 bridgehead atoms. The maximum atomic E-state index is 13.2. The van der Waals surface area contributed by atoms with Crippen LogP contribution in [0.25, 0.3) is 0 Å². The van der Waals surface area contributed by atoms with Crippen molar-refractivity contribution in [1.82, 2.24) is 25.2 Å². The van der Waals surface area contributed by atoms with E-state index in [-0.39, 0.29) is 23.8 Å². The zero-order valence-electron chi connectivity index (χ0n) is 20.9. The number of amides is 2. The number of piperidine rings is 1. The summed E-state index contributed by atoms with van der Waals surface area (Å²) in [5.41, 5.74) is 5.82. The molecular weight excluding hydrogens is 454 g/mol. The minimum absolute atomic E-state index is 0.0697. The van der Waals surface area contributed by atoms with E-state index in [4.69, 9.17) is 4.74 Å². The zero-order valence-corrected chi connectivity index (χ0v) is 20.9. The van der Waals surface area contributed by atoms with Gasteiger partial charge in [0.25, 0.3) is 5.91 Å². The highest BCUT2D eigenvalue weighted by Gasteiger charge is 2.33. The van der Waals surface area contributed by atoms with Crippen molar-refractivity contribution in [3.8, 4) is 0 Å². The number of rotatable bonds is 6. The van der Waals surface area contributed by atoms with Gasteiger partial charge in [0.2, 0.25) is 5.91 Å².